The van der Waals surface area contributed by atoms with E-state index in [4.69, 9.17) is 4.74 Å². The molecular formula is C22H36N2O3. The summed E-state index contributed by atoms with van der Waals surface area (Å²) in [5.41, 5.74) is 0. The Bertz CT molecular complexity index is 526. The van der Waals surface area contributed by atoms with Gasteiger partial charge in [-0.05, 0) is 56.8 Å². The maximum Gasteiger partial charge on any atom is 0.225 e. The molecule has 0 aromatic carbocycles. The molecule has 5 heteroatoms. The van der Waals surface area contributed by atoms with E-state index < -0.39 is 0 Å². The van der Waals surface area contributed by atoms with E-state index in [-0.39, 0.29) is 5.92 Å². The highest BCUT2D eigenvalue weighted by molar-refractivity contribution is 5.79. The van der Waals surface area contributed by atoms with E-state index in [1.54, 1.807) is 0 Å². The maximum atomic E-state index is 13.0. The minimum absolute atomic E-state index is 0.155. The Hall–Kier alpha value is -1.10. The molecule has 0 spiro atoms. The molecule has 0 bridgehead atoms. The highest BCUT2D eigenvalue weighted by Gasteiger charge is 2.40. The molecule has 0 unspecified atom stereocenters. The molecule has 152 valence electrons. The predicted octanol–water partition coefficient (Wildman–Crippen LogP) is 3.22. The number of hydrogen-bond donors (Lipinski definition) is 0. The van der Waals surface area contributed by atoms with Crippen LogP contribution in [-0.2, 0) is 14.3 Å². The number of amides is 2. The second-order valence-corrected chi connectivity index (χ2v) is 9.22. The molecule has 0 radical (unpaired) electrons. The van der Waals surface area contributed by atoms with Crippen LogP contribution in [0.15, 0.2) is 0 Å². The van der Waals surface area contributed by atoms with Crippen LogP contribution in [0.3, 0.4) is 0 Å². The van der Waals surface area contributed by atoms with Gasteiger partial charge in [-0.3, -0.25) is 9.59 Å². The predicted molar refractivity (Wildman–Crippen MR) is 104 cm³/mol. The molecule has 0 aromatic heterocycles. The average molecular weight is 377 g/mol. The first kappa shape index (κ1) is 19.2. The molecule has 0 aromatic rings. The number of hydrogen-bond acceptors (Lipinski definition) is 3. The van der Waals surface area contributed by atoms with Gasteiger partial charge in [-0.2, -0.15) is 0 Å². The Morgan fingerprint density at radius 3 is 2.41 bits per heavy atom. The fraction of sp³-hybridized carbons (Fsp3) is 0.909. The van der Waals surface area contributed by atoms with E-state index in [1.807, 2.05) is 0 Å². The lowest BCUT2D eigenvalue weighted by Crippen LogP contribution is -2.57. The second kappa shape index (κ2) is 8.93. The van der Waals surface area contributed by atoms with E-state index in [9.17, 15) is 9.59 Å². The van der Waals surface area contributed by atoms with Crippen molar-refractivity contribution >= 4 is 11.8 Å². The van der Waals surface area contributed by atoms with Crippen molar-refractivity contribution in [3.05, 3.63) is 0 Å². The average Bonchev–Trinajstić information content (AvgIpc) is 2.73. The minimum atomic E-state index is 0.155. The zero-order valence-electron chi connectivity index (χ0n) is 16.7. The minimum Gasteiger partial charge on any atom is -0.381 e. The molecule has 0 N–H and O–H groups in total. The van der Waals surface area contributed by atoms with Crippen molar-refractivity contribution in [1.29, 1.82) is 0 Å². The summed E-state index contributed by atoms with van der Waals surface area (Å²) >= 11 is 0. The Labute approximate surface area is 163 Å². The fourth-order valence-electron chi connectivity index (χ4n) is 5.87. The Morgan fingerprint density at radius 2 is 1.63 bits per heavy atom. The van der Waals surface area contributed by atoms with Crippen molar-refractivity contribution in [3.63, 3.8) is 0 Å². The lowest BCUT2D eigenvalue weighted by atomic mass is 9.82. The van der Waals surface area contributed by atoms with Gasteiger partial charge in [0.25, 0.3) is 0 Å². The molecule has 3 aliphatic heterocycles. The van der Waals surface area contributed by atoms with Crippen LogP contribution in [-0.4, -0.2) is 60.5 Å². The second-order valence-electron chi connectivity index (χ2n) is 9.22. The highest BCUT2D eigenvalue weighted by Crippen LogP contribution is 2.34. The monoisotopic (exact) mass is 376 g/mol. The van der Waals surface area contributed by atoms with E-state index in [0.29, 0.717) is 29.7 Å². The van der Waals surface area contributed by atoms with Crippen LogP contribution in [0.25, 0.3) is 0 Å². The van der Waals surface area contributed by atoms with Gasteiger partial charge in [-0.1, -0.05) is 19.3 Å². The first-order chi connectivity index (χ1) is 13.2. The van der Waals surface area contributed by atoms with E-state index in [0.717, 1.165) is 71.4 Å². The standard InChI is InChI=1S/C22H36N2O3/c25-21(15-17-5-2-1-3-6-17)24-11-4-7-19-16-23(12-8-20(19)24)22(26)18-9-13-27-14-10-18/h17-20H,1-16H2/t19-,20+/m1/s1. The number of fused-ring (bicyclic) bond motifs is 1. The fourth-order valence-corrected chi connectivity index (χ4v) is 5.87. The van der Waals surface area contributed by atoms with E-state index in [2.05, 4.69) is 9.80 Å². The molecule has 3 heterocycles. The first-order valence-corrected chi connectivity index (χ1v) is 11.4. The molecule has 3 saturated heterocycles. The van der Waals surface area contributed by atoms with Gasteiger partial charge in [-0.15, -0.1) is 0 Å². The number of carbonyl (C=O) groups is 2. The third-order valence-electron chi connectivity index (χ3n) is 7.46. The van der Waals surface area contributed by atoms with E-state index in [1.165, 1.54) is 32.1 Å². The molecule has 2 amide bonds. The summed E-state index contributed by atoms with van der Waals surface area (Å²) < 4.78 is 5.41. The van der Waals surface area contributed by atoms with Crippen LogP contribution >= 0.6 is 0 Å². The van der Waals surface area contributed by atoms with Crippen LogP contribution in [0, 0.1) is 17.8 Å². The number of likely N-dealkylation sites (tertiary alicyclic amines) is 2. The zero-order chi connectivity index (χ0) is 18.6. The third kappa shape index (κ3) is 4.49. The van der Waals surface area contributed by atoms with Crippen LogP contribution < -0.4 is 0 Å². The molecular weight excluding hydrogens is 340 g/mol. The number of nitrogens with zero attached hydrogens (tertiary/aromatic N) is 2. The zero-order valence-corrected chi connectivity index (χ0v) is 16.7. The first-order valence-electron chi connectivity index (χ1n) is 11.4. The van der Waals surface area contributed by atoms with Crippen LogP contribution in [0.5, 0.6) is 0 Å². The lowest BCUT2D eigenvalue weighted by Gasteiger charge is -2.48. The van der Waals surface area contributed by atoms with Gasteiger partial charge in [0.05, 0.1) is 0 Å². The summed E-state index contributed by atoms with van der Waals surface area (Å²) in [5.74, 6) is 1.97. The van der Waals surface area contributed by atoms with Gasteiger partial charge >= 0.3 is 0 Å². The van der Waals surface area contributed by atoms with Crippen molar-refractivity contribution in [2.75, 3.05) is 32.8 Å². The number of carbonyl (C=O) groups excluding carboxylic acids is 2. The lowest BCUT2D eigenvalue weighted by molar-refractivity contribution is -0.146. The van der Waals surface area contributed by atoms with Gasteiger partial charge in [0.2, 0.25) is 11.8 Å². The summed E-state index contributed by atoms with van der Waals surface area (Å²) in [6.07, 6.45) is 12.1. The van der Waals surface area contributed by atoms with Crippen LogP contribution in [0.1, 0.15) is 70.6 Å². The molecule has 1 saturated carbocycles. The molecule has 5 nitrogen and oxygen atoms in total. The highest BCUT2D eigenvalue weighted by atomic mass is 16.5. The SMILES string of the molecule is O=C(C1CCOCC1)N1CC[C@H]2[C@H](CCCN2C(=O)CC2CCCCC2)C1. The summed E-state index contributed by atoms with van der Waals surface area (Å²) in [6, 6.07) is 0.369. The molecule has 2 atom stereocenters. The number of rotatable bonds is 3. The molecule has 4 fully saturated rings. The summed E-state index contributed by atoms with van der Waals surface area (Å²) in [5, 5.41) is 0. The van der Waals surface area contributed by atoms with Crippen LogP contribution in [0.4, 0.5) is 0 Å². The van der Waals surface area contributed by atoms with Gasteiger partial charge in [0.1, 0.15) is 0 Å². The molecule has 4 rings (SSSR count). The normalized spacial score (nSPS) is 30.8. The van der Waals surface area contributed by atoms with Crippen molar-refractivity contribution < 1.29 is 14.3 Å². The number of ether oxygens (including phenoxy) is 1. The van der Waals surface area contributed by atoms with Gasteiger partial charge in [0.15, 0.2) is 0 Å². The number of piperidine rings is 2. The topological polar surface area (TPSA) is 49.9 Å². The molecule has 1 aliphatic carbocycles. The summed E-state index contributed by atoms with van der Waals surface area (Å²) in [4.78, 5) is 30.2. The maximum absolute atomic E-state index is 13.0. The van der Waals surface area contributed by atoms with Crippen molar-refractivity contribution in [2.24, 2.45) is 17.8 Å². The van der Waals surface area contributed by atoms with Gasteiger partial charge in [0, 0.05) is 51.2 Å². The third-order valence-corrected chi connectivity index (χ3v) is 7.46. The molecule has 27 heavy (non-hydrogen) atoms. The van der Waals surface area contributed by atoms with Gasteiger partial charge < -0.3 is 14.5 Å². The van der Waals surface area contributed by atoms with Crippen molar-refractivity contribution in [3.8, 4) is 0 Å². The Balaban J connectivity index is 1.33. The largest absolute Gasteiger partial charge is 0.381 e. The summed E-state index contributed by atoms with van der Waals surface area (Å²) in [7, 11) is 0. The van der Waals surface area contributed by atoms with Crippen molar-refractivity contribution in [1.82, 2.24) is 9.80 Å². The Kier molecular flexibility index (Phi) is 6.36. The smallest absolute Gasteiger partial charge is 0.225 e. The van der Waals surface area contributed by atoms with Crippen LogP contribution in [0.2, 0.25) is 0 Å². The van der Waals surface area contributed by atoms with Crippen molar-refractivity contribution in [2.45, 2.75) is 76.7 Å². The quantitative estimate of drug-likeness (QED) is 0.760. The molecule has 4 aliphatic rings. The Morgan fingerprint density at radius 1 is 0.852 bits per heavy atom. The van der Waals surface area contributed by atoms with E-state index >= 15 is 0 Å². The van der Waals surface area contributed by atoms with Gasteiger partial charge in [-0.25, -0.2) is 0 Å². The summed E-state index contributed by atoms with van der Waals surface area (Å²) in [6.45, 7) is 4.05.